The number of phenolic OH excluding ortho intramolecular Hbond substituents is 4. The fourth-order valence-electron chi connectivity index (χ4n) is 12.3. The van der Waals surface area contributed by atoms with Crippen molar-refractivity contribution in [3.8, 4) is 69.0 Å². The van der Waals surface area contributed by atoms with Crippen LogP contribution in [0.4, 0.5) is 11.4 Å². The van der Waals surface area contributed by atoms with Crippen LogP contribution in [0.15, 0.2) is 158 Å². The summed E-state index contributed by atoms with van der Waals surface area (Å²) in [6.07, 6.45) is 0. The van der Waals surface area contributed by atoms with E-state index in [2.05, 4.69) is 0 Å². The summed E-state index contributed by atoms with van der Waals surface area (Å²) >= 11 is 0. The number of para-hydroxylation sites is 2. The van der Waals surface area contributed by atoms with Crippen LogP contribution in [0.2, 0.25) is 0 Å². The van der Waals surface area contributed by atoms with Crippen LogP contribution in [-0.4, -0.2) is 44.1 Å². The Labute approximate surface area is 494 Å². The van der Waals surface area contributed by atoms with Crippen LogP contribution in [0.3, 0.4) is 0 Å². The molecule has 14 heteroatoms. The maximum Gasteiger partial charge on any atom is 0.266 e. The number of carbonyl (C=O) groups is 4. The molecule has 14 nitrogen and oxygen atoms in total. The third-order valence-electron chi connectivity index (χ3n) is 16.3. The molecule has 0 aromatic heterocycles. The zero-order chi connectivity index (χ0) is 60.3. The Morgan fingerprint density at radius 3 is 0.698 bits per heavy atom. The predicted molar refractivity (Wildman–Crippen MR) is 332 cm³/mol. The van der Waals surface area contributed by atoms with Gasteiger partial charge in [-0.15, -0.1) is 0 Å². The van der Waals surface area contributed by atoms with Crippen molar-refractivity contribution < 1.29 is 58.6 Å². The van der Waals surface area contributed by atoms with Crippen molar-refractivity contribution in [3.63, 3.8) is 0 Å². The molecule has 4 amide bonds. The quantitative estimate of drug-likeness (QED) is 0.0458. The molecule has 0 fully saturated rings. The van der Waals surface area contributed by atoms with Crippen molar-refractivity contribution in [2.75, 3.05) is 9.80 Å². The van der Waals surface area contributed by atoms with Gasteiger partial charge in [-0.25, -0.2) is 9.80 Å². The van der Waals surface area contributed by atoms with Gasteiger partial charge in [0.15, 0.2) is 0 Å². The highest BCUT2D eigenvalue weighted by Crippen LogP contribution is 2.59. The lowest BCUT2D eigenvalue weighted by molar-refractivity contribution is 0.0877. The highest BCUT2D eigenvalue weighted by molar-refractivity contribution is 6.48. The van der Waals surface area contributed by atoms with Crippen LogP contribution in [0.1, 0.15) is 143 Å². The summed E-state index contributed by atoms with van der Waals surface area (Å²) in [6, 6.07) is 42.1. The number of imide groups is 2. The lowest BCUT2D eigenvalue weighted by Crippen LogP contribution is -2.42. The number of phenols is 4. The van der Waals surface area contributed by atoms with Crippen molar-refractivity contribution >= 4 is 78.1 Å². The molecule has 86 heavy (non-hydrogen) atoms. The first-order chi connectivity index (χ1) is 41.3. The number of carbonyl (C=O) groups excluding carboxylic acids is 4. The lowest BCUT2D eigenvalue weighted by Gasteiger charge is -2.35. The van der Waals surface area contributed by atoms with Gasteiger partial charge in [-0.05, 0) is 167 Å². The van der Waals surface area contributed by atoms with Gasteiger partial charge in [0.05, 0.1) is 33.6 Å². The Hall–Kier alpha value is -10.6. The number of ether oxygens (including phenoxy) is 4. The van der Waals surface area contributed by atoms with Gasteiger partial charge >= 0.3 is 0 Å². The summed E-state index contributed by atoms with van der Waals surface area (Å²) < 4.78 is 28.2. The molecule has 0 atom stereocenters. The lowest BCUT2D eigenvalue weighted by atomic mass is 9.80. The monoisotopic (exact) mass is 1140 g/mol. The largest absolute Gasteiger partial charge is 0.508 e. The third-order valence-corrected chi connectivity index (χ3v) is 16.3. The zero-order valence-electron chi connectivity index (χ0n) is 48.3. The summed E-state index contributed by atoms with van der Waals surface area (Å²) in [5.74, 6) is -2.02. The number of hydrogen-bond donors (Lipinski definition) is 4. The molecular formula is C72H58N2O12. The van der Waals surface area contributed by atoms with Crippen molar-refractivity contribution in [2.45, 2.75) is 79.1 Å². The highest BCUT2D eigenvalue weighted by Gasteiger charge is 2.44. The summed E-state index contributed by atoms with van der Waals surface area (Å²) in [4.78, 5) is 67.0. The SMILES string of the molecule is CC(C)c1cccc(C(C)C)c1N1C(=O)c2cc(Oc3ccc(O)cc3)c3c4c(Oc5ccc(O)cc5)cc5c6c(cc(Oc7ccc(O)cc7)c(c7c(Oc8ccc(O)cc8)cc(c2c37)C1=O)c64)C(=O)N(c1c(C(C)C)cccc1C(C)C)C5=O. The van der Waals surface area contributed by atoms with Gasteiger partial charge in [0.1, 0.15) is 69.0 Å². The predicted octanol–water partition coefficient (Wildman–Crippen LogP) is 17.8. The fraction of sp³-hybridized carbons (Fsp3) is 0.167. The molecule has 0 spiro atoms. The first kappa shape index (κ1) is 54.6. The summed E-state index contributed by atoms with van der Waals surface area (Å²) in [5, 5.41) is 44.4. The molecule has 2 heterocycles. The van der Waals surface area contributed by atoms with E-state index in [4.69, 9.17) is 18.9 Å². The van der Waals surface area contributed by atoms with Crippen LogP contribution in [0, 0.1) is 0 Å². The second kappa shape index (κ2) is 20.6. The van der Waals surface area contributed by atoms with E-state index in [0.29, 0.717) is 11.4 Å². The zero-order valence-corrected chi connectivity index (χ0v) is 48.3. The Morgan fingerprint density at radius 1 is 0.291 bits per heavy atom. The standard InChI is InChI=1S/C72H58N2O12/c1-35(2)47-11-9-12-48(36(3)4)67(47)73-69(79)51-31-55(83-43-23-15-39(75)16-24-43)61-63-57(85-45-27-19-41(77)20-28-45)33-53-60-54(72(82)74(71(53)81)68-49(37(5)6)13-10-14-50(68)38(7)8)34-58(86-46-29-21-42(78)22-30-46)64(66(60)63)62-56(84-44-25-17-40(76)18-26-44)32-52(70(73)80)59(51)65(61)62/h9-38,75-78H,1-8H3. The van der Waals surface area contributed by atoms with E-state index in [1.54, 1.807) is 72.8 Å². The van der Waals surface area contributed by atoms with E-state index >= 15 is 19.2 Å². The molecule has 0 aliphatic carbocycles. The Balaban J connectivity index is 1.26. The maximum absolute atomic E-state index is 16.1. The normalized spacial score (nSPS) is 13.3. The highest BCUT2D eigenvalue weighted by atomic mass is 16.5. The molecule has 0 saturated heterocycles. The molecule has 0 bridgehead atoms. The van der Waals surface area contributed by atoms with Gasteiger partial charge in [0.2, 0.25) is 0 Å². The first-order valence-electron chi connectivity index (χ1n) is 28.5. The summed E-state index contributed by atoms with van der Waals surface area (Å²) in [6.45, 7) is 16.0. The number of rotatable bonds is 14. The van der Waals surface area contributed by atoms with Crippen molar-refractivity contribution in [2.24, 2.45) is 0 Å². The van der Waals surface area contributed by atoms with Crippen molar-refractivity contribution in [1.29, 1.82) is 0 Å². The molecule has 13 rings (SSSR count). The molecular weight excluding hydrogens is 1080 g/mol. The fourth-order valence-corrected chi connectivity index (χ4v) is 12.3. The minimum atomic E-state index is -0.645. The second-order valence-electron chi connectivity index (χ2n) is 23.2. The van der Waals surface area contributed by atoms with Crippen LogP contribution >= 0.6 is 0 Å². The number of anilines is 2. The van der Waals surface area contributed by atoms with E-state index in [9.17, 15) is 20.4 Å². The Kier molecular flexibility index (Phi) is 13.1. The third kappa shape index (κ3) is 8.77. The number of benzene rings is 11. The van der Waals surface area contributed by atoms with Crippen molar-refractivity contribution in [1.82, 2.24) is 0 Å². The molecule has 0 saturated carbocycles. The number of amides is 4. The average Bonchev–Trinajstić information content (AvgIpc) is 0.694. The minimum Gasteiger partial charge on any atom is -0.508 e. The molecule has 11 aromatic rings. The minimum absolute atomic E-state index is 0.0387. The van der Waals surface area contributed by atoms with E-state index in [-0.39, 0.29) is 158 Å². The molecule has 0 radical (unpaired) electrons. The van der Waals surface area contributed by atoms with Crippen molar-refractivity contribution in [3.05, 3.63) is 202 Å². The molecule has 2 aliphatic rings. The van der Waals surface area contributed by atoms with E-state index < -0.39 is 23.6 Å². The van der Waals surface area contributed by atoms with E-state index in [1.165, 1.54) is 58.3 Å². The van der Waals surface area contributed by atoms with Crippen LogP contribution in [-0.2, 0) is 0 Å². The topological polar surface area (TPSA) is 193 Å². The number of aromatic hydroxyl groups is 4. The first-order valence-corrected chi connectivity index (χ1v) is 28.5. The molecule has 11 aromatic carbocycles. The van der Waals surface area contributed by atoms with E-state index in [1.807, 2.05) is 91.8 Å². The maximum atomic E-state index is 16.1. The Morgan fingerprint density at radius 2 is 0.500 bits per heavy atom. The van der Waals surface area contributed by atoms with Crippen LogP contribution < -0.4 is 28.7 Å². The smallest absolute Gasteiger partial charge is 0.266 e. The molecule has 428 valence electrons. The van der Waals surface area contributed by atoms with Gasteiger partial charge in [-0.1, -0.05) is 91.8 Å². The summed E-state index contributed by atoms with van der Waals surface area (Å²) in [5.41, 5.74) is 4.31. The number of nitrogens with zero attached hydrogens (tertiary/aromatic N) is 2. The van der Waals surface area contributed by atoms with Gasteiger partial charge in [-0.2, -0.15) is 0 Å². The number of hydrogen-bond acceptors (Lipinski definition) is 12. The van der Waals surface area contributed by atoms with Crippen LogP contribution in [0.5, 0.6) is 69.0 Å². The second-order valence-corrected chi connectivity index (χ2v) is 23.2. The van der Waals surface area contributed by atoms with Crippen LogP contribution in [0.25, 0.3) is 43.1 Å². The molecule has 4 N–H and O–H groups in total. The van der Waals surface area contributed by atoms with Gasteiger partial charge in [-0.3, -0.25) is 19.2 Å². The van der Waals surface area contributed by atoms with E-state index in [0.717, 1.165) is 22.3 Å². The van der Waals surface area contributed by atoms with Gasteiger partial charge in [0.25, 0.3) is 23.6 Å². The molecule has 0 unspecified atom stereocenters. The number of fused-ring (bicyclic) bond motifs is 2. The van der Waals surface area contributed by atoms with Gasteiger partial charge < -0.3 is 39.4 Å². The average molecular weight is 1140 g/mol. The molecule has 2 aliphatic heterocycles. The summed E-state index contributed by atoms with van der Waals surface area (Å²) in [7, 11) is 0. The van der Waals surface area contributed by atoms with Gasteiger partial charge in [0, 0.05) is 43.1 Å². The Bertz CT molecular complexity index is 4070.